The van der Waals surface area contributed by atoms with Crippen LogP contribution in [0.3, 0.4) is 0 Å². The van der Waals surface area contributed by atoms with Crippen LogP contribution in [0.15, 0.2) is 16.8 Å². The molecule has 0 saturated carbocycles. The molecule has 0 aliphatic heterocycles. The summed E-state index contributed by atoms with van der Waals surface area (Å²) >= 11 is 1.80. The summed E-state index contributed by atoms with van der Waals surface area (Å²) < 4.78 is 0. The molecule has 0 fully saturated rings. The largest absolute Gasteiger partial charge is 0.314 e. The summed E-state index contributed by atoms with van der Waals surface area (Å²) in [6, 6.07) is 2.91. The molecule has 92 valence electrons. The number of thiophene rings is 1. The molecular formula is C14H25NS. The highest BCUT2D eigenvalue weighted by Crippen LogP contribution is 2.16. The Bertz CT molecular complexity index is 256. The zero-order valence-corrected chi connectivity index (χ0v) is 11.6. The Kier molecular flexibility index (Phi) is 6.74. The molecule has 0 bridgehead atoms. The van der Waals surface area contributed by atoms with Crippen molar-refractivity contribution < 1.29 is 0 Å². The maximum Gasteiger partial charge on any atom is 0.00412 e. The zero-order valence-electron chi connectivity index (χ0n) is 10.8. The van der Waals surface area contributed by atoms with Gasteiger partial charge in [-0.1, -0.05) is 13.8 Å². The van der Waals surface area contributed by atoms with E-state index in [1.54, 1.807) is 11.3 Å². The standard InChI is InChI=1S/C14H25NS/c1-4-8-15-13(3)10-12(2)5-6-14-7-9-16-11-14/h7,9,11-13,15H,4-6,8,10H2,1-3H3. The van der Waals surface area contributed by atoms with Crippen LogP contribution in [0.1, 0.15) is 45.6 Å². The Balaban J connectivity index is 2.12. The van der Waals surface area contributed by atoms with Gasteiger partial charge in [0.2, 0.25) is 0 Å². The first-order chi connectivity index (χ1) is 7.72. The van der Waals surface area contributed by atoms with E-state index >= 15 is 0 Å². The second-order valence-electron chi connectivity index (χ2n) is 4.87. The monoisotopic (exact) mass is 239 g/mol. The van der Waals surface area contributed by atoms with Gasteiger partial charge in [0, 0.05) is 6.04 Å². The molecule has 0 saturated heterocycles. The lowest BCUT2D eigenvalue weighted by Gasteiger charge is -2.18. The number of hydrogen-bond acceptors (Lipinski definition) is 2. The minimum atomic E-state index is 0.664. The molecule has 1 heterocycles. The molecule has 1 N–H and O–H groups in total. The SMILES string of the molecule is CCCNC(C)CC(C)CCc1ccsc1. The van der Waals surface area contributed by atoms with E-state index in [2.05, 4.69) is 42.9 Å². The van der Waals surface area contributed by atoms with Crippen LogP contribution in [-0.4, -0.2) is 12.6 Å². The Morgan fingerprint density at radius 2 is 2.19 bits per heavy atom. The van der Waals surface area contributed by atoms with E-state index in [-0.39, 0.29) is 0 Å². The van der Waals surface area contributed by atoms with Crippen molar-refractivity contribution in [3.8, 4) is 0 Å². The average molecular weight is 239 g/mol. The van der Waals surface area contributed by atoms with Crippen LogP contribution in [0.4, 0.5) is 0 Å². The lowest BCUT2D eigenvalue weighted by Crippen LogP contribution is -2.28. The average Bonchev–Trinajstić information content (AvgIpc) is 2.76. The first-order valence-corrected chi connectivity index (χ1v) is 7.41. The third kappa shape index (κ3) is 5.66. The second kappa shape index (κ2) is 7.86. The van der Waals surface area contributed by atoms with Crippen LogP contribution >= 0.6 is 11.3 Å². The van der Waals surface area contributed by atoms with E-state index in [1.165, 1.54) is 31.2 Å². The Morgan fingerprint density at radius 3 is 2.81 bits per heavy atom. The third-order valence-electron chi connectivity index (χ3n) is 3.00. The van der Waals surface area contributed by atoms with Crippen molar-refractivity contribution in [1.29, 1.82) is 0 Å². The molecule has 2 atom stereocenters. The molecule has 2 heteroatoms. The summed E-state index contributed by atoms with van der Waals surface area (Å²) in [7, 11) is 0. The smallest absolute Gasteiger partial charge is 0.00412 e. The number of hydrogen-bond donors (Lipinski definition) is 1. The quantitative estimate of drug-likeness (QED) is 0.720. The molecule has 1 aromatic rings. The maximum absolute atomic E-state index is 3.56. The Morgan fingerprint density at radius 1 is 1.38 bits per heavy atom. The molecule has 1 rings (SSSR count). The summed E-state index contributed by atoms with van der Waals surface area (Å²) in [5, 5.41) is 8.00. The molecule has 0 spiro atoms. The highest BCUT2D eigenvalue weighted by Gasteiger charge is 2.08. The molecular weight excluding hydrogens is 214 g/mol. The van der Waals surface area contributed by atoms with Crippen LogP contribution in [-0.2, 0) is 6.42 Å². The van der Waals surface area contributed by atoms with Gasteiger partial charge in [0.15, 0.2) is 0 Å². The summed E-state index contributed by atoms with van der Waals surface area (Å²) in [5.74, 6) is 0.819. The van der Waals surface area contributed by atoms with Gasteiger partial charge >= 0.3 is 0 Å². The summed E-state index contributed by atoms with van der Waals surface area (Å²) in [6.07, 6.45) is 5.08. The van der Waals surface area contributed by atoms with Crippen LogP contribution in [0.25, 0.3) is 0 Å². The Hall–Kier alpha value is -0.340. The predicted molar refractivity (Wildman–Crippen MR) is 74.2 cm³/mol. The highest BCUT2D eigenvalue weighted by atomic mass is 32.1. The van der Waals surface area contributed by atoms with Crippen molar-refractivity contribution in [2.75, 3.05) is 6.54 Å². The normalized spacial score (nSPS) is 14.9. The van der Waals surface area contributed by atoms with Gasteiger partial charge in [-0.15, -0.1) is 0 Å². The second-order valence-corrected chi connectivity index (χ2v) is 5.65. The van der Waals surface area contributed by atoms with Gasteiger partial charge in [-0.05, 0) is 67.5 Å². The van der Waals surface area contributed by atoms with E-state index in [0.29, 0.717) is 6.04 Å². The van der Waals surface area contributed by atoms with Crippen molar-refractivity contribution in [2.24, 2.45) is 5.92 Å². The van der Waals surface area contributed by atoms with Gasteiger partial charge in [0.1, 0.15) is 0 Å². The van der Waals surface area contributed by atoms with E-state index in [1.807, 2.05) is 0 Å². The van der Waals surface area contributed by atoms with Crippen molar-refractivity contribution in [2.45, 2.75) is 52.5 Å². The summed E-state index contributed by atoms with van der Waals surface area (Å²) in [4.78, 5) is 0. The molecule has 0 amide bonds. The number of nitrogens with one attached hydrogen (secondary N) is 1. The molecule has 0 aliphatic rings. The molecule has 16 heavy (non-hydrogen) atoms. The Labute approximate surface area is 104 Å². The molecule has 0 aromatic carbocycles. The molecule has 1 aromatic heterocycles. The number of aryl methyl sites for hydroxylation is 1. The molecule has 0 radical (unpaired) electrons. The van der Waals surface area contributed by atoms with E-state index < -0.39 is 0 Å². The predicted octanol–water partition coefficient (Wildman–Crippen LogP) is 4.10. The van der Waals surface area contributed by atoms with Gasteiger partial charge < -0.3 is 5.32 Å². The zero-order chi connectivity index (χ0) is 11.8. The fraction of sp³-hybridized carbons (Fsp3) is 0.714. The van der Waals surface area contributed by atoms with Gasteiger partial charge in [0.05, 0.1) is 0 Å². The molecule has 1 nitrogen and oxygen atoms in total. The molecule has 0 aliphatic carbocycles. The van der Waals surface area contributed by atoms with Crippen molar-refractivity contribution in [1.82, 2.24) is 5.32 Å². The molecule has 2 unspecified atom stereocenters. The first-order valence-electron chi connectivity index (χ1n) is 6.46. The van der Waals surface area contributed by atoms with Gasteiger partial charge in [0.25, 0.3) is 0 Å². The van der Waals surface area contributed by atoms with Crippen LogP contribution in [0.2, 0.25) is 0 Å². The van der Waals surface area contributed by atoms with Gasteiger partial charge in [-0.3, -0.25) is 0 Å². The van der Waals surface area contributed by atoms with Crippen molar-refractivity contribution in [3.05, 3.63) is 22.4 Å². The van der Waals surface area contributed by atoms with Crippen molar-refractivity contribution >= 4 is 11.3 Å². The highest BCUT2D eigenvalue weighted by molar-refractivity contribution is 7.07. The van der Waals surface area contributed by atoms with Gasteiger partial charge in [-0.25, -0.2) is 0 Å². The third-order valence-corrected chi connectivity index (χ3v) is 3.74. The van der Waals surface area contributed by atoms with E-state index in [4.69, 9.17) is 0 Å². The van der Waals surface area contributed by atoms with E-state index in [0.717, 1.165) is 12.5 Å². The fourth-order valence-electron chi connectivity index (χ4n) is 2.04. The lowest BCUT2D eigenvalue weighted by molar-refractivity contribution is 0.403. The summed E-state index contributed by atoms with van der Waals surface area (Å²) in [6.45, 7) is 8.05. The fourth-order valence-corrected chi connectivity index (χ4v) is 2.75. The van der Waals surface area contributed by atoms with Gasteiger partial charge in [-0.2, -0.15) is 11.3 Å². The van der Waals surface area contributed by atoms with Crippen LogP contribution in [0, 0.1) is 5.92 Å². The minimum absolute atomic E-state index is 0.664. The van der Waals surface area contributed by atoms with Crippen LogP contribution < -0.4 is 5.32 Å². The topological polar surface area (TPSA) is 12.0 Å². The van der Waals surface area contributed by atoms with Crippen LogP contribution in [0.5, 0.6) is 0 Å². The summed E-state index contributed by atoms with van der Waals surface area (Å²) in [5.41, 5.74) is 1.51. The minimum Gasteiger partial charge on any atom is -0.314 e. The number of rotatable bonds is 8. The van der Waals surface area contributed by atoms with Crippen molar-refractivity contribution in [3.63, 3.8) is 0 Å². The lowest BCUT2D eigenvalue weighted by atomic mass is 9.96. The van der Waals surface area contributed by atoms with E-state index in [9.17, 15) is 0 Å². The first kappa shape index (κ1) is 13.7. The maximum atomic E-state index is 3.56.